The van der Waals surface area contributed by atoms with Gasteiger partial charge >= 0.3 is 0 Å². The molecule has 0 aliphatic carbocycles. The van der Waals surface area contributed by atoms with Crippen LogP contribution >= 0.6 is 11.6 Å². The Labute approximate surface area is 215 Å². The Kier molecular flexibility index (Phi) is 6.36. The second-order valence-electron chi connectivity index (χ2n) is 9.20. The first-order valence-electron chi connectivity index (χ1n) is 11.9. The van der Waals surface area contributed by atoms with Crippen LogP contribution in [0, 0.1) is 0 Å². The van der Waals surface area contributed by atoms with Crippen LogP contribution in [-0.4, -0.2) is 56.8 Å². The number of fused-ring (bicyclic) bond motifs is 1. The minimum Gasteiger partial charge on any atom is -0.352 e. The number of nitrogens with zero attached hydrogens (tertiary/aromatic N) is 4. The number of amides is 2. The van der Waals surface area contributed by atoms with Crippen LogP contribution < -0.4 is 10.2 Å². The van der Waals surface area contributed by atoms with Crippen LogP contribution in [-0.2, 0) is 4.79 Å². The van der Waals surface area contributed by atoms with E-state index in [4.69, 9.17) is 16.6 Å². The van der Waals surface area contributed by atoms with Crippen LogP contribution in [0.4, 0.5) is 11.5 Å². The zero-order valence-electron chi connectivity index (χ0n) is 20.3. The molecule has 186 valence electrons. The Morgan fingerprint density at radius 3 is 2.58 bits per heavy atom. The third-order valence-electron chi connectivity index (χ3n) is 6.49. The Bertz CT molecular complexity index is 1450. The van der Waals surface area contributed by atoms with Gasteiger partial charge in [0, 0.05) is 61.3 Å². The second-order valence-corrected chi connectivity index (χ2v) is 9.63. The van der Waals surface area contributed by atoms with Crippen molar-refractivity contribution in [3.8, 4) is 11.3 Å². The predicted octanol–water partition coefficient (Wildman–Crippen LogP) is 5.22. The van der Waals surface area contributed by atoms with Crippen molar-refractivity contribution in [2.45, 2.75) is 32.9 Å². The first-order valence-corrected chi connectivity index (χ1v) is 12.2. The van der Waals surface area contributed by atoms with Crippen LogP contribution in [0.2, 0.25) is 5.02 Å². The molecule has 2 amide bonds. The van der Waals surface area contributed by atoms with E-state index in [-0.39, 0.29) is 25.3 Å². The van der Waals surface area contributed by atoms with Gasteiger partial charge in [0.25, 0.3) is 5.91 Å². The molecule has 1 aliphatic heterocycles. The van der Waals surface area contributed by atoms with Crippen molar-refractivity contribution in [3.05, 3.63) is 71.5 Å². The molecule has 3 aromatic heterocycles. The van der Waals surface area contributed by atoms with Crippen LogP contribution in [0.5, 0.6) is 0 Å². The number of anilines is 2. The van der Waals surface area contributed by atoms with E-state index in [1.807, 2.05) is 35.4 Å². The van der Waals surface area contributed by atoms with Crippen molar-refractivity contribution in [1.29, 1.82) is 0 Å². The molecular formula is C27H29ClN6O2. The van der Waals surface area contributed by atoms with Crippen molar-refractivity contribution >= 4 is 46.0 Å². The number of nitrogens with one attached hydrogen (secondary N) is 2. The molecule has 0 spiro atoms. The number of rotatable bonds is 4. The van der Waals surface area contributed by atoms with E-state index in [0.717, 1.165) is 35.6 Å². The van der Waals surface area contributed by atoms with E-state index >= 15 is 0 Å². The van der Waals surface area contributed by atoms with E-state index < -0.39 is 0 Å². The van der Waals surface area contributed by atoms with Crippen molar-refractivity contribution in [3.63, 3.8) is 0 Å². The summed E-state index contributed by atoms with van der Waals surface area (Å²) in [6, 6.07) is 14.8. The van der Waals surface area contributed by atoms with Crippen LogP contribution in [0.15, 0.2) is 60.9 Å². The van der Waals surface area contributed by atoms with E-state index in [0.29, 0.717) is 21.9 Å². The molecule has 0 radical (unpaired) electrons. The molecule has 1 aromatic carbocycles. The fourth-order valence-electron chi connectivity index (χ4n) is 5.00. The highest BCUT2D eigenvalue weighted by Crippen LogP contribution is 2.30. The number of H-pyrrole nitrogens is 1. The van der Waals surface area contributed by atoms with Gasteiger partial charge in [-0.3, -0.25) is 9.59 Å². The van der Waals surface area contributed by atoms with Gasteiger partial charge in [-0.25, -0.2) is 9.97 Å². The van der Waals surface area contributed by atoms with Crippen LogP contribution in [0.25, 0.3) is 22.3 Å². The van der Waals surface area contributed by atoms with Gasteiger partial charge < -0.3 is 20.1 Å². The van der Waals surface area contributed by atoms with Gasteiger partial charge in [-0.1, -0.05) is 23.7 Å². The lowest BCUT2D eigenvalue weighted by molar-refractivity contribution is -0.133. The standard InChI is InChI=1S/C27H27ClN6O2.H2/c1-16-14-33(15-17(2)34(16)18(3)35)25-9-5-8-24(32-25)23-13-30-26-22(23)11-21(12-29-26)31-27(36)19-6-4-7-20(28)10-19;/h4-13,16-17H,14-15H2,1-3H3,(H,29,30)(H,31,36);1H/t16-,17+;. The summed E-state index contributed by atoms with van der Waals surface area (Å²) in [5.74, 6) is 0.701. The Morgan fingerprint density at radius 1 is 1.11 bits per heavy atom. The number of pyridine rings is 2. The number of carbonyl (C=O) groups is 2. The second kappa shape index (κ2) is 9.62. The van der Waals surface area contributed by atoms with Gasteiger partial charge in [0.1, 0.15) is 11.5 Å². The molecule has 8 nitrogen and oxygen atoms in total. The van der Waals surface area contributed by atoms with E-state index in [1.165, 1.54) is 0 Å². The molecule has 2 N–H and O–H groups in total. The first-order chi connectivity index (χ1) is 17.3. The minimum absolute atomic E-state index is 0. The summed E-state index contributed by atoms with van der Waals surface area (Å²) >= 11 is 6.03. The zero-order valence-corrected chi connectivity index (χ0v) is 21.1. The maximum absolute atomic E-state index is 12.7. The topological polar surface area (TPSA) is 94.2 Å². The van der Waals surface area contributed by atoms with Gasteiger partial charge in [-0.15, -0.1) is 0 Å². The van der Waals surface area contributed by atoms with Gasteiger partial charge in [0.2, 0.25) is 5.91 Å². The largest absolute Gasteiger partial charge is 0.352 e. The van der Waals surface area contributed by atoms with Crippen molar-refractivity contribution < 1.29 is 11.0 Å². The number of carbonyl (C=O) groups excluding carboxylic acids is 2. The van der Waals surface area contributed by atoms with Crippen molar-refractivity contribution in [2.75, 3.05) is 23.3 Å². The number of benzene rings is 1. The molecule has 4 heterocycles. The normalized spacial score (nSPS) is 17.9. The lowest BCUT2D eigenvalue weighted by Gasteiger charge is -2.44. The van der Waals surface area contributed by atoms with Crippen LogP contribution in [0.3, 0.4) is 0 Å². The van der Waals surface area contributed by atoms with Gasteiger partial charge in [-0.2, -0.15) is 0 Å². The predicted molar refractivity (Wildman–Crippen MR) is 145 cm³/mol. The smallest absolute Gasteiger partial charge is 0.255 e. The van der Waals surface area contributed by atoms with Crippen molar-refractivity contribution in [2.24, 2.45) is 0 Å². The molecule has 0 unspecified atom stereocenters. The fourth-order valence-corrected chi connectivity index (χ4v) is 5.19. The monoisotopic (exact) mass is 504 g/mol. The summed E-state index contributed by atoms with van der Waals surface area (Å²) < 4.78 is 0. The molecule has 5 rings (SSSR count). The van der Waals surface area contributed by atoms with Crippen LogP contribution in [0.1, 0.15) is 32.6 Å². The van der Waals surface area contributed by atoms with Gasteiger partial charge in [0.05, 0.1) is 17.6 Å². The summed E-state index contributed by atoms with van der Waals surface area (Å²) in [6.07, 6.45) is 3.50. The first kappa shape index (κ1) is 23.8. The third-order valence-corrected chi connectivity index (χ3v) is 6.73. The third kappa shape index (κ3) is 4.64. The zero-order chi connectivity index (χ0) is 25.4. The molecule has 1 fully saturated rings. The highest BCUT2D eigenvalue weighted by atomic mass is 35.5. The summed E-state index contributed by atoms with van der Waals surface area (Å²) in [7, 11) is 0. The van der Waals surface area contributed by atoms with E-state index in [1.54, 1.807) is 37.4 Å². The average molecular weight is 505 g/mol. The quantitative estimate of drug-likeness (QED) is 0.397. The SMILES string of the molecule is CC(=O)N1[C@H](C)CN(c2cccc(-c3c[nH]c4ncc(NC(=O)c5cccc(Cl)c5)cc34)n2)C[C@@H]1C.[HH]. The van der Waals surface area contributed by atoms with E-state index in [2.05, 4.69) is 34.0 Å². The van der Waals surface area contributed by atoms with Crippen molar-refractivity contribution in [1.82, 2.24) is 19.9 Å². The minimum atomic E-state index is -0.260. The van der Waals surface area contributed by atoms with Gasteiger partial charge in [-0.05, 0) is 50.2 Å². The number of halogens is 1. The molecule has 4 aromatic rings. The summed E-state index contributed by atoms with van der Waals surface area (Å²) in [5.41, 5.74) is 3.44. The molecular weight excluding hydrogens is 476 g/mol. The number of aromatic amines is 1. The van der Waals surface area contributed by atoms with Gasteiger partial charge in [0.15, 0.2) is 0 Å². The highest BCUT2D eigenvalue weighted by molar-refractivity contribution is 6.31. The molecule has 0 saturated carbocycles. The molecule has 0 bridgehead atoms. The lowest BCUT2D eigenvalue weighted by atomic mass is 10.1. The highest BCUT2D eigenvalue weighted by Gasteiger charge is 2.31. The molecule has 1 saturated heterocycles. The summed E-state index contributed by atoms with van der Waals surface area (Å²) in [4.78, 5) is 41.5. The maximum atomic E-state index is 12.7. The number of piperazine rings is 1. The Balaban J connectivity index is 0.00000320. The van der Waals surface area contributed by atoms with E-state index in [9.17, 15) is 9.59 Å². The Hall–Kier alpha value is -3.91. The number of aromatic nitrogens is 3. The molecule has 2 atom stereocenters. The number of hydrogen-bond donors (Lipinski definition) is 2. The average Bonchev–Trinajstić information content (AvgIpc) is 3.27. The fraction of sp³-hybridized carbons (Fsp3) is 0.259. The Morgan fingerprint density at radius 2 is 1.86 bits per heavy atom. The number of hydrogen-bond acceptors (Lipinski definition) is 5. The lowest BCUT2D eigenvalue weighted by Crippen LogP contribution is -2.58. The maximum Gasteiger partial charge on any atom is 0.255 e. The summed E-state index contributed by atoms with van der Waals surface area (Å²) in [5, 5.41) is 4.25. The summed E-state index contributed by atoms with van der Waals surface area (Å²) in [6.45, 7) is 7.19. The molecule has 36 heavy (non-hydrogen) atoms. The molecule has 9 heteroatoms. The molecule has 1 aliphatic rings.